The molecule has 0 bridgehead atoms. The van der Waals surface area contributed by atoms with E-state index < -0.39 is 26.7 Å². The maximum absolute atomic E-state index is 12.3. The van der Waals surface area contributed by atoms with Crippen LogP contribution in [0.1, 0.15) is 12.8 Å². The fourth-order valence-electron chi connectivity index (χ4n) is 2.49. The lowest BCUT2D eigenvalue weighted by molar-refractivity contribution is -0.127. The molecule has 2 heterocycles. The van der Waals surface area contributed by atoms with Crippen molar-refractivity contribution < 1.29 is 22.4 Å². The molecule has 0 N–H and O–H groups in total. The van der Waals surface area contributed by atoms with Gasteiger partial charge in [-0.05, 0) is 31.0 Å². The lowest BCUT2D eigenvalue weighted by Gasteiger charge is -2.13. The van der Waals surface area contributed by atoms with E-state index in [0.717, 1.165) is 12.8 Å². The van der Waals surface area contributed by atoms with Gasteiger partial charge in [0, 0.05) is 18.7 Å². The molecule has 1 aliphatic rings. The summed E-state index contributed by atoms with van der Waals surface area (Å²) in [5, 5.41) is 6.79. The van der Waals surface area contributed by atoms with Gasteiger partial charge in [-0.3, -0.25) is 4.79 Å². The molecule has 0 radical (unpaired) electrons. The standard InChI is InChI=1S/C15H17N3O5S/c1-22-12-6-4-5-11(9-12)14-16-17-15(23-14)24(20,21)10-13(19)18-7-2-3-8-18/h4-6,9H,2-3,7-8,10H2,1H3. The van der Waals surface area contributed by atoms with E-state index in [0.29, 0.717) is 24.4 Å². The average Bonchev–Trinajstić information content (AvgIpc) is 3.26. The zero-order valence-corrected chi connectivity index (χ0v) is 14.0. The first kappa shape index (κ1) is 16.4. The summed E-state index contributed by atoms with van der Waals surface area (Å²) >= 11 is 0. The van der Waals surface area contributed by atoms with Gasteiger partial charge in [0.2, 0.25) is 21.6 Å². The number of carbonyl (C=O) groups excluding carboxylic acids is 1. The van der Waals surface area contributed by atoms with E-state index in [4.69, 9.17) is 9.15 Å². The van der Waals surface area contributed by atoms with Crippen molar-refractivity contribution in [2.75, 3.05) is 26.0 Å². The van der Waals surface area contributed by atoms with Gasteiger partial charge in [0.1, 0.15) is 11.5 Å². The molecule has 24 heavy (non-hydrogen) atoms. The Morgan fingerprint density at radius 1 is 1.29 bits per heavy atom. The van der Waals surface area contributed by atoms with E-state index in [2.05, 4.69) is 10.2 Å². The maximum atomic E-state index is 12.3. The molecule has 1 aliphatic heterocycles. The van der Waals surface area contributed by atoms with Gasteiger partial charge in [-0.15, -0.1) is 5.10 Å². The van der Waals surface area contributed by atoms with Gasteiger partial charge >= 0.3 is 5.22 Å². The van der Waals surface area contributed by atoms with Crippen LogP contribution in [-0.4, -0.2) is 55.4 Å². The number of aromatic nitrogens is 2. The lowest BCUT2D eigenvalue weighted by atomic mass is 10.2. The molecule has 1 fully saturated rings. The lowest BCUT2D eigenvalue weighted by Crippen LogP contribution is -2.33. The molecule has 2 aromatic rings. The van der Waals surface area contributed by atoms with Gasteiger partial charge in [0.25, 0.3) is 0 Å². The maximum Gasteiger partial charge on any atom is 0.336 e. The SMILES string of the molecule is COc1cccc(-c2nnc(S(=O)(=O)CC(=O)N3CCCC3)o2)c1. The summed E-state index contributed by atoms with van der Waals surface area (Å²) in [7, 11) is -2.44. The van der Waals surface area contributed by atoms with E-state index >= 15 is 0 Å². The van der Waals surface area contributed by atoms with Gasteiger partial charge in [-0.2, -0.15) is 0 Å². The number of ether oxygens (including phenoxy) is 1. The highest BCUT2D eigenvalue weighted by atomic mass is 32.2. The number of sulfone groups is 1. The molecule has 9 heteroatoms. The fraction of sp³-hybridized carbons (Fsp3) is 0.400. The minimum atomic E-state index is -3.96. The topological polar surface area (TPSA) is 103 Å². The third-order valence-electron chi connectivity index (χ3n) is 3.76. The highest BCUT2D eigenvalue weighted by molar-refractivity contribution is 7.91. The Morgan fingerprint density at radius 2 is 2.04 bits per heavy atom. The smallest absolute Gasteiger partial charge is 0.336 e. The highest BCUT2D eigenvalue weighted by Crippen LogP contribution is 2.24. The molecule has 128 valence electrons. The van der Waals surface area contributed by atoms with Crippen LogP contribution < -0.4 is 4.74 Å². The van der Waals surface area contributed by atoms with E-state index in [1.165, 1.54) is 12.0 Å². The van der Waals surface area contributed by atoms with Crippen LogP contribution in [0.4, 0.5) is 0 Å². The largest absolute Gasteiger partial charge is 0.497 e. The predicted octanol–water partition coefficient (Wildman–Crippen LogP) is 1.14. The van der Waals surface area contributed by atoms with E-state index in [1.54, 1.807) is 24.3 Å². The number of amides is 1. The van der Waals surface area contributed by atoms with Crippen molar-refractivity contribution in [3.8, 4) is 17.2 Å². The number of carbonyl (C=O) groups is 1. The Balaban J connectivity index is 1.79. The summed E-state index contributed by atoms with van der Waals surface area (Å²) in [6.45, 7) is 1.18. The molecule has 0 aliphatic carbocycles. The first-order valence-electron chi connectivity index (χ1n) is 7.48. The molecule has 0 saturated carbocycles. The van der Waals surface area contributed by atoms with Crippen LogP contribution in [0.2, 0.25) is 0 Å². The van der Waals surface area contributed by atoms with Crippen molar-refractivity contribution in [1.82, 2.24) is 15.1 Å². The molecular formula is C15H17N3O5S. The third-order valence-corrected chi connectivity index (χ3v) is 5.09. The zero-order valence-electron chi connectivity index (χ0n) is 13.1. The van der Waals surface area contributed by atoms with Crippen molar-refractivity contribution >= 4 is 15.7 Å². The van der Waals surface area contributed by atoms with Crippen molar-refractivity contribution in [3.63, 3.8) is 0 Å². The molecule has 8 nitrogen and oxygen atoms in total. The van der Waals surface area contributed by atoms with Crippen LogP contribution in [0.15, 0.2) is 33.9 Å². The first-order chi connectivity index (χ1) is 11.5. The van der Waals surface area contributed by atoms with Crippen LogP contribution in [-0.2, 0) is 14.6 Å². The number of hydrogen-bond acceptors (Lipinski definition) is 7. The molecule has 0 unspecified atom stereocenters. The number of hydrogen-bond donors (Lipinski definition) is 0. The molecular weight excluding hydrogens is 334 g/mol. The molecule has 1 aromatic carbocycles. The number of likely N-dealkylation sites (tertiary alicyclic amines) is 1. The summed E-state index contributed by atoms with van der Waals surface area (Å²) < 4.78 is 35.0. The van der Waals surface area contributed by atoms with Crippen LogP contribution in [0.5, 0.6) is 5.75 Å². The van der Waals surface area contributed by atoms with Crippen molar-refractivity contribution in [3.05, 3.63) is 24.3 Å². The predicted molar refractivity (Wildman–Crippen MR) is 84.2 cm³/mol. The Hall–Kier alpha value is -2.42. The summed E-state index contributed by atoms with van der Waals surface area (Å²) in [6, 6.07) is 6.82. The van der Waals surface area contributed by atoms with E-state index in [1.807, 2.05) is 0 Å². The first-order valence-corrected chi connectivity index (χ1v) is 9.13. The minimum absolute atomic E-state index is 0.0566. The van der Waals surface area contributed by atoms with Crippen LogP contribution in [0, 0.1) is 0 Å². The van der Waals surface area contributed by atoms with Crippen molar-refractivity contribution in [2.45, 2.75) is 18.1 Å². The number of nitrogens with zero attached hydrogens (tertiary/aromatic N) is 3. The summed E-state index contributed by atoms with van der Waals surface area (Å²) in [6.07, 6.45) is 1.79. The van der Waals surface area contributed by atoms with E-state index in [9.17, 15) is 13.2 Å². The normalized spacial score (nSPS) is 14.8. The molecule has 0 atom stereocenters. The Labute approximate surface area is 139 Å². The summed E-state index contributed by atoms with van der Waals surface area (Å²) in [4.78, 5) is 13.6. The monoisotopic (exact) mass is 351 g/mol. The summed E-state index contributed by atoms with van der Waals surface area (Å²) in [5.41, 5.74) is 0.536. The van der Waals surface area contributed by atoms with Crippen LogP contribution >= 0.6 is 0 Å². The Kier molecular flexibility index (Phi) is 4.52. The second-order valence-corrected chi connectivity index (χ2v) is 7.32. The highest BCUT2D eigenvalue weighted by Gasteiger charge is 2.29. The molecule has 3 rings (SSSR count). The second-order valence-electron chi connectivity index (χ2n) is 5.45. The van der Waals surface area contributed by atoms with Crippen LogP contribution in [0.25, 0.3) is 11.5 Å². The van der Waals surface area contributed by atoms with Gasteiger partial charge in [-0.25, -0.2) is 8.42 Å². The number of benzene rings is 1. The van der Waals surface area contributed by atoms with Crippen LogP contribution in [0.3, 0.4) is 0 Å². The number of rotatable bonds is 5. The Morgan fingerprint density at radius 3 is 2.75 bits per heavy atom. The second kappa shape index (κ2) is 6.60. The van der Waals surface area contributed by atoms with Gasteiger partial charge < -0.3 is 14.1 Å². The number of methoxy groups -OCH3 is 1. The van der Waals surface area contributed by atoms with Gasteiger partial charge in [0.05, 0.1) is 7.11 Å². The molecule has 1 aromatic heterocycles. The molecule has 1 amide bonds. The van der Waals surface area contributed by atoms with Crippen molar-refractivity contribution in [2.24, 2.45) is 0 Å². The van der Waals surface area contributed by atoms with Crippen molar-refractivity contribution in [1.29, 1.82) is 0 Å². The van der Waals surface area contributed by atoms with E-state index in [-0.39, 0.29) is 5.89 Å². The van der Waals surface area contributed by atoms with Gasteiger partial charge in [-0.1, -0.05) is 11.2 Å². The third kappa shape index (κ3) is 3.40. The molecule has 0 spiro atoms. The average molecular weight is 351 g/mol. The van der Waals surface area contributed by atoms with Gasteiger partial charge in [0.15, 0.2) is 0 Å². The Bertz CT molecular complexity index is 840. The quantitative estimate of drug-likeness (QED) is 0.796. The minimum Gasteiger partial charge on any atom is -0.497 e. The fourth-order valence-corrected chi connectivity index (χ4v) is 3.49. The molecule has 1 saturated heterocycles. The zero-order chi connectivity index (χ0) is 17.2. The summed E-state index contributed by atoms with van der Waals surface area (Å²) in [5.74, 6) is -0.457.